The van der Waals surface area contributed by atoms with E-state index in [1.165, 1.54) is 30.7 Å². The zero-order valence-electron chi connectivity index (χ0n) is 16.1. The first-order chi connectivity index (χ1) is 13.3. The fourth-order valence-corrected chi connectivity index (χ4v) is 5.73. The summed E-state index contributed by atoms with van der Waals surface area (Å²) in [5.41, 5.74) is 1.13. The van der Waals surface area contributed by atoms with Gasteiger partial charge in [-0.25, -0.2) is 0 Å². The van der Waals surface area contributed by atoms with E-state index in [9.17, 15) is 4.79 Å². The number of nitrogens with zero attached hydrogens (tertiary/aromatic N) is 3. The van der Waals surface area contributed by atoms with E-state index in [0.29, 0.717) is 11.8 Å². The van der Waals surface area contributed by atoms with Crippen molar-refractivity contribution in [1.29, 1.82) is 0 Å². The van der Waals surface area contributed by atoms with Gasteiger partial charge in [-0.3, -0.25) is 4.79 Å². The van der Waals surface area contributed by atoms with Crippen molar-refractivity contribution < 1.29 is 4.79 Å². The number of hydrogen-bond acceptors (Lipinski definition) is 4. The summed E-state index contributed by atoms with van der Waals surface area (Å²) >= 11 is 1.80. The number of rotatable bonds is 5. The Morgan fingerprint density at radius 3 is 2.44 bits per heavy atom. The van der Waals surface area contributed by atoms with Gasteiger partial charge in [0.2, 0.25) is 5.91 Å². The maximum atomic E-state index is 13.2. The van der Waals surface area contributed by atoms with Crippen molar-refractivity contribution in [2.24, 2.45) is 0 Å². The minimum absolute atomic E-state index is 0.0339. The van der Waals surface area contributed by atoms with Crippen molar-refractivity contribution in [2.45, 2.75) is 69.6 Å². The Morgan fingerprint density at radius 1 is 1.07 bits per heavy atom. The van der Waals surface area contributed by atoms with Gasteiger partial charge in [0.05, 0.1) is 5.92 Å². The quantitative estimate of drug-likeness (QED) is 0.722. The Balaban J connectivity index is 1.45. The fraction of sp³-hybridized carbons (Fsp3) is 0.591. The smallest absolute Gasteiger partial charge is 0.230 e. The lowest BCUT2D eigenvalue weighted by atomic mass is 9.92. The first-order valence-electron chi connectivity index (χ1n) is 10.4. The highest BCUT2D eigenvalue weighted by Crippen LogP contribution is 2.38. The standard InChI is InChI=1S/C22H29N3OS/c1-2-19(16-9-4-3-5-10-16)22(26)25-14-8-13-18(15-25)21-24-23-20(27-21)17-11-6-7-12-17/h3-5,9-10,17-19H,2,6-8,11-15H2,1H3. The van der Waals surface area contributed by atoms with Crippen LogP contribution in [0.25, 0.3) is 0 Å². The van der Waals surface area contributed by atoms with E-state index < -0.39 is 0 Å². The van der Waals surface area contributed by atoms with E-state index in [-0.39, 0.29) is 11.8 Å². The second kappa shape index (κ2) is 8.51. The summed E-state index contributed by atoms with van der Waals surface area (Å²) in [6.07, 6.45) is 8.19. The normalized spacial score (nSPS) is 22.1. The summed E-state index contributed by atoms with van der Waals surface area (Å²) in [7, 11) is 0. The van der Waals surface area contributed by atoms with Crippen LogP contribution >= 0.6 is 11.3 Å². The molecule has 0 N–H and O–H groups in total. The van der Waals surface area contributed by atoms with Gasteiger partial charge in [0.25, 0.3) is 0 Å². The molecule has 2 atom stereocenters. The molecule has 4 nitrogen and oxygen atoms in total. The van der Waals surface area contributed by atoms with Crippen molar-refractivity contribution in [1.82, 2.24) is 15.1 Å². The summed E-state index contributed by atoms with van der Waals surface area (Å²) in [6.45, 7) is 3.77. The molecular formula is C22H29N3OS. The zero-order chi connectivity index (χ0) is 18.6. The molecule has 1 aliphatic heterocycles. The van der Waals surface area contributed by atoms with Crippen molar-refractivity contribution >= 4 is 17.2 Å². The Morgan fingerprint density at radius 2 is 1.74 bits per heavy atom. The van der Waals surface area contributed by atoms with Gasteiger partial charge in [-0.15, -0.1) is 21.5 Å². The van der Waals surface area contributed by atoms with Gasteiger partial charge in [0, 0.05) is 24.9 Å². The van der Waals surface area contributed by atoms with Crippen LogP contribution in [0.1, 0.15) is 85.2 Å². The Kier molecular flexibility index (Phi) is 5.86. The van der Waals surface area contributed by atoms with Crippen LogP contribution in [-0.4, -0.2) is 34.1 Å². The largest absolute Gasteiger partial charge is 0.341 e. The van der Waals surface area contributed by atoms with E-state index in [0.717, 1.165) is 42.9 Å². The van der Waals surface area contributed by atoms with Crippen LogP contribution in [0.15, 0.2) is 30.3 Å². The molecule has 2 unspecified atom stereocenters. The van der Waals surface area contributed by atoms with Crippen molar-refractivity contribution in [3.05, 3.63) is 45.9 Å². The summed E-state index contributed by atoms with van der Waals surface area (Å²) in [4.78, 5) is 15.3. The molecule has 1 saturated carbocycles. The molecule has 2 aliphatic rings. The Hall–Kier alpha value is -1.75. The van der Waals surface area contributed by atoms with Crippen LogP contribution in [0, 0.1) is 0 Å². The molecule has 1 aromatic carbocycles. The third-order valence-corrected chi connectivity index (χ3v) is 7.40. The lowest BCUT2D eigenvalue weighted by Crippen LogP contribution is -2.41. The van der Waals surface area contributed by atoms with Crippen molar-refractivity contribution in [3.8, 4) is 0 Å². The molecule has 1 aromatic heterocycles. The molecule has 2 fully saturated rings. The maximum absolute atomic E-state index is 13.2. The molecule has 1 saturated heterocycles. The highest BCUT2D eigenvalue weighted by molar-refractivity contribution is 7.11. The SMILES string of the molecule is CCC(C(=O)N1CCCC(c2nnc(C3CCCC3)s2)C1)c1ccccc1. The van der Waals surface area contributed by atoms with E-state index in [1.54, 1.807) is 11.3 Å². The van der Waals surface area contributed by atoms with Gasteiger partial charge in [0.1, 0.15) is 10.0 Å². The molecule has 4 rings (SSSR count). The third kappa shape index (κ3) is 4.08. The minimum atomic E-state index is -0.0339. The van der Waals surface area contributed by atoms with Gasteiger partial charge in [-0.2, -0.15) is 0 Å². The first kappa shape index (κ1) is 18.6. The van der Waals surface area contributed by atoms with Gasteiger partial charge in [0.15, 0.2) is 0 Å². The molecule has 144 valence electrons. The molecule has 5 heteroatoms. The number of piperidine rings is 1. The topological polar surface area (TPSA) is 46.1 Å². The highest BCUT2D eigenvalue weighted by Gasteiger charge is 2.31. The number of likely N-dealkylation sites (tertiary alicyclic amines) is 1. The second-order valence-corrected chi connectivity index (χ2v) is 9.00. The van der Waals surface area contributed by atoms with Crippen LogP contribution in [0.2, 0.25) is 0 Å². The van der Waals surface area contributed by atoms with E-state index in [2.05, 4.69) is 34.2 Å². The molecule has 0 bridgehead atoms. The van der Waals surface area contributed by atoms with Crippen LogP contribution < -0.4 is 0 Å². The molecular weight excluding hydrogens is 354 g/mol. The fourth-order valence-electron chi connectivity index (χ4n) is 4.59. The Labute approximate surface area is 166 Å². The Bertz CT molecular complexity index is 754. The molecule has 1 amide bonds. The summed E-state index contributed by atoms with van der Waals surface area (Å²) in [5.74, 6) is 1.21. The number of carbonyl (C=O) groups excluding carboxylic acids is 1. The summed E-state index contributed by atoms with van der Waals surface area (Å²) in [6, 6.07) is 10.2. The maximum Gasteiger partial charge on any atom is 0.230 e. The van der Waals surface area contributed by atoms with E-state index in [1.807, 2.05) is 18.2 Å². The molecule has 2 heterocycles. The van der Waals surface area contributed by atoms with Crippen LogP contribution in [0.3, 0.4) is 0 Å². The van der Waals surface area contributed by atoms with Gasteiger partial charge in [-0.05, 0) is 37.7 Å². The highest BCUT2D eigenvalue weighted by atomic mass is 32.1. The predicted molar refractivity (Wildman–Crippen MR) is 109 cm³/mol. The predicted octanol–water partition coefficient (Wildman–Crippen LogP) is 5.10. The van der Waals surface area contributed by atoms with Crippen molar-refractivity contribution in [3.63, 3.8) is 0 Å². The van der Waals surface area contributed by atoms with Gasteiger partial charge in [-0.1, -0.05) is 50.1 Å². The monoisotopic (exact) mass is 383 g/mol. The second-order valence-electron chi connectivity index (χ2n) is 7.95. The lowest BCUT2D eigenvalue weighted by Gasteiger charge is -2.34. The number of benzene rings is 1. The van der Waals surface area contributed by atoms with E-state index >= 15 is 0 Å². The van der Waals surface area contributed by atoms with E-state index in [4.69, 9.17) is 0 Å². The minimum Gasteiger partial charge on any atom is -0.341 e. The van der Waals surface area contributed by atoms with Gasteiger partial charge >= 0.3 is 0 Å². The molecule has 2 aromatic rings. The molecule has 0 spiro atoms. The van der Waals surface area contributed by atoms with Crippen LogP contribution in [-0.2, 0) is 4.79 Å². The molecule has 1 aliphatic carbocycles. The number of amides is 1. The lowest BCUT2D eigenvalue weighted by molar-refractivity contribution is -0.134. The molecule has 27 heavy (non-hydrogen) atoms. The third-order valence-electron chi connectivity index (χ3n) is 6.15. The first-order valence-corrected chi connectivity index (χ1v) is 11.2. The number of carbonyl (C=O) groups is 1. The summed E-state index contributed by atoms with van der Waals surface area (Å²) < 4.78 is 0. The average Bonchev–Trinajstić information content (AvgIpc) is 3.41. The van der Waals surface area contributed by atoms with Crippen LogP contribution in [0.4, 0.5) is 0 Å². The number of aromatic nitrogens is 2. The summed E-state index contributed by atoms with van der Waals surface area (Å²) in [5, 5.41) is 11.4. The van der Waals surface area contributed by atoms with Crippen LogP contribution in [0.5, 0.6) is 0 Å². The average molecular weight is 384 g/mol. The van der Waals surface area contributed by atoms with Gasteiger partial charge < -0.3 is 4.90 Å². The molecule has 0 radical (unpaired) electrons. The van der Waals surface area contributed by atoms with Crippen molar-refractivity contribution in [2.75, 3.05) is 13.1 Å². The number of hydrogen-bond donors (Lipinski definition) is 0. The zero-order valence-corrected chi connectivity index (χ0v) is 17.0.